The number of ether oxygens (including phenoxy) is 2. The number of carbonyl (C=O) groups excluding carboxylic acids is 3. The predicted molar refractivity (Wildman–Crippen MR) is 108 cm³/mol. The van der Waals surface area contributed by atoms with Gasteiger partial charge in [-0.1, -0.05) is 0 Å². The molecule has 12 nitrogen and oxygen atoms in total. The van der Waals surface area contributed by atoms with E-state index in [-0.39, 0.29) is 36.7 Å². The van der Waals surface area contributed by atoms with E-state index >= 15 is 0 Å². The van der Waals surface area contributed by atoms with Gasteiger partial charge in [0.1, 0.15) is 5.52 Å². The summed E-state index contributed by atoms with van der Waals surface area (Å²) in [5.74, 6) is -1.91. The average Bonchev–Trinajstić information content (AvgIpc) is 2.76. The van der Waals surface area contributed by atoms with E-state index in [1.165, 1.54) is 18.3 Å². The molecule has 0 saturated heterocycles. The first-order chi connectivity index (χ1) is 14.9. The molecule has 0 aliphatic carbocycles. The molecule has 158 valence electrons. The maximum Gasteiger partial charge on any atom is 0.345 e. The van der Waals surface area contributed by atoms with Crippen molar-refractivity contribution in [2.75, 3.05) is 11.1 Å². The van der Waals surface area contributed by atoms with Gasteiger partial charge in [-0.2, -0.15) is 4.98 Å². The van der Waals surface area contributed by atoms with Crippen molar-refractivity contribution in [2.24, 2.45) is 0 Å². The molecule has 0 unspecified atom stereocenters. The predicted octanol–water partition coefficient (Wildman–Crippen LogP) is 1.23. The number of nitrogens with two attached hydrogens (primary N) is 1. The Kier molecular flexibility index (Phi) is 6.73. The molecule has 0 amide bonds. The minimum absolute atomic E-state index is 0.0890. The molecule has 2 aromatic heterocycles. The molecule has 0 atom stereocenters. The highest BCUT2D eigenvalue weighted by Gasteiger charge is 2.14. The molecule has 0 aliphatic rings. The van der Waals surface area contributed by atoms with Crippen LogP contribution in [0, 0.1) is 5.41 Å². The molecule has 3 aromatic rings. The van der Waals surface area contributed by atoms with Gasteiger partial charge >= 0.3 is 11.9 Å². The minimum atomic E-state index is -0.827. The third kappa shape index (κ3) is 6.00. The van der Waals surface area contributed by atoms with Gasteiger partial charge in [-0.25, -0.2) is 19.7 Å². The Morgan fingerprint density at radius 3 is 2.61 bits per heavy atom. The van der Waals surface area contributed by atoms with Crippen molar-refractivity contribution < 1.29 is 23.9 Å². The van der Waals surface area contributed by atoms with Gasteiger partial charge in [-0.3, -0.25) is 15.0 Å². The fraction of sp³-hybridized carbons (Fsp3) is 0.158. The summed E-state index contributed by atoms with van der Waals surface area (Å²) < 4.78 is 8.96. The number of nitrogens with one attached hydrogen (secondary N) is 2. The largest absolute Gasteiger partial charge is 0.414 e. The number of carbonyl (C=O) groups is 3. The van der Waals surface area contributed by atoms with Crippen LogP contribution in [0.4, 0.5) is 11.6 Å². The number of nitrogen functional groups attached to an aromatic ring is 1. The van der Waals surface area contributed by atoms with Crippen LogP contribution in [0.1, 0.15) is 28.9 Å². The van der Waals surface area contributed by atoms with Gasteiger partial charge in [0.15, 0.2) is 11.5 Å². The SMILES string of the molecule is N=C(CCC(=O)OC(=O)c1ccc(NCc2cnc3nc(N)ncc3n2)cc1)OC=O. The Hall–Kier alpha value is -4.48. The van der Waals surface area contributed by atoms with Gasteiger partial charge in [0.2, 0.25) is 5.95 Å². The zero-order valence-corrected chi connectivity index (χ0v) is 16.1. The normalized spacial score (nSPS) is 10.3. The van der Waals surface area contributed by atoms with Crippen molar-refractivity contribution in [3.05, 3.63) is 47.9 Å². The molecule has 3 rings (SSSR count). The van der Waals surface area contributed by atoms with Crippen LogP contribution in [0.2, 0.25) is 0 Å². The molecular formula is C19H17N7O5. The Balaban J connectivity index is 1.52. The van der Waals surface area contributed by atoms with Gasteiger partial charge in [-0.15, -0.1) is 0 Å². The lowest BCUT2D eigenvalue weighted by molar-refractivity contribution is -0.138. The Morgan fingerprint density at radius 1 is 1.10 bits per heavy atom. The van der Waals surface area contributed by atoms with Crippen molar-refractivity contribution in [1.82, 2.24) is 19.9 Å². The number of rotatable bonds is 8. The Morgan fingerprint density at radius 2 is 1.87 bits per heavy atom. The zero-order chi connectivity index (χ0) is 22.2. The number of aromatic nitrogens is 4. The molecule has 1 aromatic carbocycles. The van der Waals surface area contributed by atoms with Crippen LogP contribution in [0.3, 0.4) is 0 Å². The number of esters is 2. The second-order valence-corrected chi connectivity index (χ2v) is 6.13. The summed E-state index contributed by atoms with van der Waals surface area (Å²) in [6.45, 7) is 0.454. The van der Waals surface area contributed by atoms with Gasteiger partial charge in [0.25, 0.3) is 6.47 Å². The molecule has 31 heavy (non-hydrogen) atoms. The smallest absolute Gasteiger partial charge is 0.345 e. The summed E-state index contributed by atoms with van der Waals surface area (Å²) in [5, 5.41) is 10.4. The summed E-state index contributed by atoms with van der Waals surface area (Å²) in [6, 6.07) is 6.29. The van der Waals surface area contributed by atoms with E-state index in [0.29, 0.717) is 29.1 Å². The monoisotopic (exact) mass is 423 g/mol. The van der Waals surface area contributed by atoms with Crippen molar-refractivity contribution in [2.45, 2.75) is 19.4 Å². The van der Waals surface area contributed by atoms with E-state index in [4.69, 9.17) is 15.9 Å². The first kappa shape index (κ1) is 21.2. The zero-order valence-electron chi connectivity index (χ0n) is 16.1. The van der Waals surface area contributed by atoms with Crippen LogP contribution >= 0.6 is 0 Å². The summed E-state index contributed by atoms with van der Waals surface area (Å²) in [5.41, 5.74) is 7.98. The molecule has 0 saturated carbocycles. The third-order valence-corrected chi connectivity index (χ3v) is 3.92. The molecule has 0 aliphatic heterocycles. The second kappa shape index (κ2) is 9.82. The van der Waals surface area contributed by atoms with E-state index in [1.807, 2.05) is 0 Å². The van der Waals surface area contributed by atoms with E-state index in [1.54, 1.807) is 18.3 Å². The molecule has 0 fully saturated rings. The third-order valence-electron chi connectivity index (χ3n) is 3.92. The first-order valence-electron chi connectivity index (χ1n) is 8.95. The van der Waals surface area contributed by atoms with E-state index < -0.39 is 11.9 Å². The van der Waals surface area contributed by atoms with Crippen molar-refractivity contribution >= 4 is 47.1 Å². The number of hydrogen-bond acceptors (Lipinski definition) is 12. The van der Waals surface area contributed by atoms with Gasteiger partial charge in [0.05, 0.1) is 36.6 Å². The van der Waals surface area contributed by atoms with Crippen molar-refractivity contribution in [1.29, 1.82) is 5.41 Å². The Labute approximate surface area is 175 Å². The lowest BCUT2D eigenvalue weighted by Crippen LogP contribution is -2.14. The van der Waals surface area contributed by atoms with Crippen molar-refractivity contribution in [3.8, 4) is 0 Å². The number of benzene rings is 1. The summed E-state index contributed by atoms with van der Waals surface area (Å²) in [7, 11) is 0. The van der Waals surface area contributed by atoms with Crippen LogP contribution in [0.25, 0.3) is 11.2 Å². The fourth-order valence-corrected chi connectivity index (χ4v) is 2.42. The van der Waals surface area contributed by atoms with Crippen LogP contribution in [0.5, 0.6) is 0 Å². The summed E-state index contributed by atoms with van der Waals surface area (Å²) >= 11 is 0. The summed E-state index contributed by atoms with van der Waals surface area (Å²) in [4.78, 5) is 50.2. The van der Waals surface area contributed by atoms with Crippen LogP contribution < -0.4 is 11.1 Å². The van der Waals surface area contributed by atoms with Gasteiger partial charge in [0, 0.05) is 12.1 Å². The average molecular weight is 423 g/mol. The van der Waals surface area contributed by atoms with Crippen LogP contribution in [-0.2, 0) is 25.6 Å². The first-order valence-corrected chi connectivity index (χ1v) is 8.95. The van der Waals surface area contributed by atoms with Crippen LogP contribution in [0.15, 0.2) is 36.7 Å². The molecule has 0 spiro atoms. The number of fused-ring (bicyclic) bond motifs is 1. The van der Waals surface area contributed by atoms with Gasteiger partial charge < -0.3 is 20.5 Å². The topological polar surface area (TPSA) is 183 Å². The second-order valence-electron chi connectivity index (χ2n) is 6.13. The quantitative estimate of drug-likeness (QED) is 0.156. The van der Waals surface area contributed by atoms with E-state index in [9.17, 15) is 14.4 Å². The minimum Gasteiger partial charge on any atom is -0.414 e. The molecule has 12 heteroatoms. The molecule has 4 N–H and O–H groups in total. The molecule has 2 heterocycles. The van der Waals surface area contributed by atoms with Crippen molar-refractivity contribution in [3.63, 3.8) is 0 Å². The standard InChI is InChI=1S/C19H17N7O5/c20-15(30-10-27)5-6-16(28)31-18(29)11-1-3-12(4-2-11)22-7-13-8-23-17-14(25-13)9-24-19(21)26-17/h1-4,8-10,20,22H,5-7H2,(H2,21,23,24,26). The number of nitrogens with zero attached hydrogens (tertiary/aromatic N) is 4. The molecule has 0 bridgehead atoms. The van der Waals surface area contributed by atoms with Crippen LogP contribution in [-0.4, -0.2) is 44.2 Å². The molecular weight excluding hydrogens is 406 g/mol. The highest BCUT2D eigenvalue weighted by molar-refractivity contribution is 5.97. The highest BCUT2D eigenvalue weighted by Crippen LogP contribution is 2.13. The highest BCUT2D eigenvalue weighted by atomic mass is 16.6. The lowest BCUT2D eigenvalue weighted by atomic mass is 10.2. The molecule has 0 radical (unpaired) electrons. The maximum absolute atomic E-state index is 12.0. The maximum atomic E-state index is 12.0. The lowest BCUT2D eigenvalue weighted by Gasteiger charge is -2.08. The van der Waals surface area contributed by atoms with E-state index in [2.05, 4.69) is 30.0 Å². The van der Waals surface area contributed by atoms with Gasteiger partial charge in [-0.05, 0) is 24.3 Å². The number of hydrogen-bond donors (Lipinski definition) is 3. The Bertz CT molecular complexity index is 1130. The fourth-order valence-electron chi connectivity index (χ4n) is 2.42. The number of anilines is 2. The van der Waals surface area contributed by atoms with E-state index in [0.717, 1.165) is 0 Å². The summed E-state index contributed by atoms with van der Waals surface area (Å²) in [6.07, 6.45) is 2.65.